The van der Waals surface area contributed by atoms with E-state index in [1.54, 1.807) is 35.5 Å². The highest BCUT2D eigenvalue weighted by Crippen LogP contribution is 2.24. The van der Waals surface area contributed by atoms with Crippen molar-refractivity contribution in [1.29, 1.82) is 0 Å². The van der Waals surface area contributed by atoms with Crippen LogP contribution in [0.4, 0.5) is 4.79 Å². The van der Waals surface area contributed by atoms with Crippen molar-refractivity contribution in [3.63, 3.8) is 0 Å². The van der Waals surface area contributed by atoms with E-state index in [4.69, 9.17) is 9.84 Å². The number of rotatable bonds is 6. The normalized spacial score (nSPS) is 15.2. The molecule has 0 atom stereocenters. The standard InChI is InChI=1S/C22H30N4O4/c1-22(2,3)30-21(29)25-13-10-16(11-14-25)5-4-12-26-15-23-19(24-26)17-6-8-18(9-7-17)20(27)28/h6-9,15-16H,4-5,10-14H2,1-3H3,(H,27,28). The summed E-state index contributed by atoms with van der Waals surface area (Å²) in [6.45, 7) is 7.94. The summed E-state index contributed by atoms with van der Waals surface area (Å²) in [4.78, 5) is 29.2. The summed E-state index contributed by atoms with van der Waals surface area (Å²) in [6, 6.07) is 6.56. The Morgan fingerprint density at radius 1 is 1.17 bits per heavy atom. The van der Waals surface area contributed by atoms with E-state index in [9.17, 15) is 9.59 Å². The number of likely N-dealkylation sites (tertiary alicyclic amines) is 1. The van der Waals surface area contributed by atoms with Crippen molar-refractivity contribution in [2.45, 2.75) is 58.6 Å². The Morgan fingerprint density at radius 3 is 2.43 bits per heavy atom. The number of amides is 1. The molecule has 0 saturated carbocycles. The van der Waals surface area contributed by atoms with Crippen molar-refractivity contribution in [2.75, 3.05) is 13.1 Å². The summed E-state index contributed by atoms with van der Waals surface area (Å²) >= 11 is 0. The highest BCUT2D eigenvalue weighted by molar-refractivity contribution is 5.88. The van der Waals surface area contributed by atoms with E-state index in [0.717, 1.165) is 50.9 Å². The number of hydrogen-bond acceptors (Lipinski definition) is 5. The number of carboxylic acid groups (broad SMARTS) is 1. The van der Waals surface area contributed by atoms with E-state index in [1.807, 2.05) is 25.5 Å². The molecule has 1 fully saturated rings. The molecule has 2 heterocycles. The molecule has 0 spiro atoms. The third kappa shape index (κ3) is 6.05. The van der Waals surface area contributed by atoms with E-state index in [1.165, 1.54) is 0 Å². The number of aryl methyl sites for hydroxylation is 1. The molecule has 0 unspecified atom stereocenters. The van der Waals surface area contributed by atoms with Crippen LogP contribution in [0.1, 0.15) is 56.8 Å². The molecule has 1 aliphatic heterocycles. The Bertz CT molecular complexity index is 862. The molecule has 2 aromatic rings. The van der Waals surface area contributed by atoms with E-state index < -0.39 is 11.6 Å². The number of ether oxygens (including phenoxy) is 1. The van der Waals surface area contributed by atoms with Gasteiger partial charge in [0, 0.05) is 25.2 Å². The lowest BCUT2D eigenvalue weighted by Gasteiger charge is -2.33. The first-order valence-corrected chi connectivity index (χ1v) is 10.4. The number of benzene rings is 1. The zero-order chi connectivity index (χ0) is 21.7. The van der Waals surface area contributed by atoms with E-state index in [-0.39, 0.29) is 11.7 Å². The molecular weight excluding hydrogens is 384 g/mol. The minimum atomic E-state index is -0.947. The van der Waals surface area contributed by atoms with Gasteiger partial charge in [0.05, 0.1) is 5.56 Å². The maximum atomic E-state index is 12.1. The molecule has 0 bridgehead atoms. The molecule has 3 rings (SSSR count). The second kappa shape index (κ2) is 9.28. The van der Waals surface area contributed by atoms with Gasteiger partial charge in [-0.1, -0.05) is 12.1 Å². The lowest BCUT2D eigenvalue weighted by Crippen LogP contribution is -2.41. The van der Waals surface area contributed by atoms with E-state index in [2.05, 4.69) is 10.1 Å². The van der Waals surface area contributed by atoms with Crippen LogP contribution in [-0.2, 0) is 11.3 Å². The molecule has 1 aromatic carbocycles. The molecule has 1 aliphatic rings. The van der Waals surface area contributed by atoms with Crippen molar-refractivity contribution in [3.05, 3.63) is 36.2 Å². The predicted octanol–water partition coefficient (Wildman–Crippen LogP) is 4.07. The number of carbonyl (C=O) groups excluding carboxylic acids is 1. The fraction of sp³-hybridized carbons (Fsp3) is 0.545. The Labute approximate surface area is 176 Å². The highest BCUT2D eigenvalue weighted by Gasteiger charge is 2.26. The highest BCUT2D eigenvalue weighted by atomic mass is 16.6. The molecule has 8 nitrogen and oxygen atoms in total. The number of hydrogen-bond donors (Lipinski definition) is 1. The van der Waals surface area contributed by atoms with Gasteiger partial charge in [0.15, 0.2) is 5.82 Å². The zero-order valence-corrected chi connectivity index (χ0v) is 17.9. The number of nitrogens with zero attached hydrogens (tertiary/aromatic N) is 4. The van der Waals surface area contributed by atoms with Crippen LogP contribution >= 0.6 is 0 Å². The van der Waals surface area contributed by atoms with Crippen LogP contribution < -0.4 is 0 Å². The minimum absolute atomic E-state index is 0.215. The smallest absolute Gasteiger partial charge is 0.410 e. The van der Waals surface area contributed by atoms with Crippen LogP contribution in [0.2, 0.25) is 0 Å². The van der Waals surface area contributed by atoms with Crippen LogP contribution in [0.25, 0.3) is 11.4 Å². The largest absolute Gasteiger partial charge is 0.478 e. The van der Waals surface area contributed by atoms with Crippen molar-refractivity contribution < 1.29 is 19.4 Å². The number of aromatic nitrogens is 3. The Morgan fingerprint density at radius 2 is 1.83 bits per heavy atom. The van der Waals surface area contributed by atoms with Crippen LogP contribution in [0, 0.1) is 5.92 Å². The molecule has 1 N–H and O–H groups in total. The van der Waals surface area contributed by atoms with E-state index >= 15 is 0 Å². The SMILES string of the molecule is CC(C)(C)OC(=O)N1CCC(CCCn2cnc(-c3ccc(C(=O)O)cc3)n2)CC1. The second-order valence-electron chi connectivity index (χ2n) is 8.77. The quantitative estimate of drug-likeness (QED) is 0.765. The molecule has 1 saturated heterocycles. The number of carboxylic acids is 1. The summed E-state index contributed by atoms with van der Waals surface area (Å²) in [5.74, 6) is 0.254. The molecular formula is C22H30N4O4. The van der Waals surface area contributed by atoms with Gasteiger partial charge >= 0.3 is 12.1 Å². The Balaban J connectivity index is 1.41. The minimum Gasteiger partial charge on any atom is -0.478 e. The van der Waals surface area contributed by atoms with Crippen molar-refractivity contribution in [1.82, 2.24) is 19.7 Å². The van der Waals surface area contributed by atoms with Crippen LogP contribution in [0.15, 0.2) is 30.6 Å². The van der Waals surface area contributed by atoms with Gasteiger partial charge in [-0.25, -0.2) is 14.6 Å². The molecule has 1 amide bonds. The molecule has 30 heavy (non-hydrogen) atoms. The second-order valence-corrected chi connectivity index (χ2v) is 8.77. The first-order valence-electron chi connectivity index (χ1n) is 10.4. The first kappa shape index (κ1) is 21.8. The molecule has 8 heteroatoms. The fourth-order valence-corrected chi connectivity index (χ4v) is 3.57. The van der Waals surface area contributed by atoms with Gasteiger partial charge in [-0.05, 0) is 64.5 Å². The maximum Gasteiger partial charge on any atom is 0.410 e. The van der Waals surface area contributed by atoms with E-state index in [0.29, 0.717) is 11.7 Å². The summed E-state index contributed by atoms with van der Waals surface area (Å²) in [5.41, 5.74) is 0.590. The van der Waals surface area contributed by atoms with Crippen LogP contribution in [0.5, 0.6) is 0 Å². The van der Waals surface area contributed by atoms with Gasteiger partial charge in [-0.15, -0.1) is 0 Å². The lowest BCUT2D eigenvalue weighted by molar-refractivity contribution is 0.0180. The van der Waals surface area contributed by atoms with Gasteiger partial charge < -0.3 is 14.7 Å². The lowest BCUT2D eigenvalue weighted by atomic mass is 9.92. The number of piperidine rings is 1. The van der Waals surface area contributed by atoms with Crippen molar-refractivity contribution >= 4 is 12.1 Å². The molecule has 0 radical (unpaired) electrons. The average Bonchev–Trinajstić information content (AvgIpc) is 3.16. The number of carbonyl (C=O) groups is 2. The van der Waals surface area contributed by atoms with Gasteiger partial charge in [0.2, 0.25) is 0 Å². The Hall–Kier alpha value is -2.90. The third-order valence-corrected chi connectivity index (χ3v) is 5.19. The maximum absolute atomic E-state index is 12.1. The predicted molar refractivity (Wildman–Crippen MR) is 112 cm³/mol. The topological polar surface area (TPSA) is 97.6 Å². The average molecular weight is 415 g/mol. The van der Waals surface area contributed by atoms with Crippen LogP contribution in [-0.4, -0.2) is 55.5 Å². The van der Waals surface area contributed by atoms with Gasteiger partial charge in [-0.3, -0.25) is 4.68 Å². The van der Waals surface area contributed by atoms with Crippen LogP contribution in [0.3, 0.4) is 0 Å². The molecule has 0 aliphatic carbocycles. The summed E-state index contributed by atoms with van der Waals surface area (Å²) < 4.78 is 7.28. The Kier molecular flexibility index (Phi) is 6.74. The fourth-order valence-electron chi connectivity index (χ4n) is 3.57. The third-order valence-electron chi connectivity index (χ3n) is 5.19. The van der Waals surface area contributed by atoms with Gasteiger partial charge in [0.25, 0.3) is 0 Å². The summed E-state index contributed by atoms with van der Waals surface area (Å²) in [7, 11) is 0. The molecule has 162 valence electrons. The van der Waals surface area contributed by atoms with Gasteiger partial charge in [0.1, 0.15) is 11.9 Å². The zero-order valence-electron chi connectivity index (χ0n) is 17.9. The van der Waals surface area contributed by atoms with Gasteiger partial charge in [-0.2, -0.15) is 5.10 Å². The number of aromatic carboxylic acids is 1. The summed E-state index contributed by atoms with van der Waals surface area (Å²) in [6.07, 6.45) is 5.58. The summed E-state index contributed by atoms with van der Waals surface area (Å²) in [5, 5.41) is 13.5. The monoisotopic (exact) mass is 414 g/mol. The van der Waals surface area contributed by atoms with Crippen molar-refractivity contribution in [2.24, 2.45) is 5.92 Å². The van der Waals surface area contributed by atoms with Crippen molar-refractivity contribution in [3.8, 4) is 11.4 Å². The molecule has 1 aromatic heterocycles. The first-order chi connectivity index (χ1) is 14.2.